The number of nitrogens with zero attached hydrogens (tertiary/aromatic N) is 8. The molecule has 8 rings (SSSR count). The maximum atomic E-state index is 13.6. The molecule has 26 nitrogen and oxygen atoms in total. The van der Waals surface area contributed by atoms with Gasteiger partial charge in [-0.25, -0.2) is 33.7 Å². The van der Waals surface area contributed by atoms with Crippen LogP contribution in [0.25, 0.3) is 21.5 Å². The molecular formula is C44H28N10Na4O16S5. The van der Waals surface area contributed by atoms with Crippen LogP contribution < -0.4 is 130 Å². The van der Waals surface area contributed by atoms with E-state index in [-0.39, 0.29) is 195 Å². The number of aromatic hydroxyl groups is 2. The zero-order valence-corrected chi connectivity index (χ0v) is 53.2. The fourth-order valence-corrected chi connectivity index (χ4v) is 9.65. The van der Waals surface area contributed by atoms with Gasteiger partial charge in [0, 0.05) is 33.9 Å². The van der Waals surface area contributed by atoms with Gasteiger partial charge in [0.1, 0.15) is 36.0 Å². The molecular weight excluding hydrogens is 1180 g/mol. The van der Waals surface area contributed by atoms with E-state index in [0.29, 0.717) is 5.39 Å². The van der Waals surface area contributed by atoms with Crippen LogP contribution in [0.4, 0.5) is 56.9 Å². The van der Waals surface area contributed by atoms with Gasteiger partial charge in [-0.05, 0) is 115 Å². The van der Waals surface area contributed by atoms with Crippen molar-refractivity contribution in [1.29, 1.82) is 0 Å². The molecule has 384 valence electrons. The van der Waals surface area contributed by atoms with Gasteiger partial charge in [0.2, 0.25) is 9.84 Å². The summed E-state index contributed by atoms with van der Waals surface area (Å²) in [6, 6.07) is 30.0. The van der Waals surface area contributed by atoms with Crippen LogP contribution in [-0.2, 0) is 50.8 Å². The summed E-state index contributed by atoms with van der Waals surface area (Å²) >= 11 is 0. The molecule has 6 N–H and O–H groups in total. The maximum Gasteiger partial charge on any atom is 1.00 e. The molecule has 0 spiro atoms. The SMILES string of the molecule is Nc1ccc(N=Nc2cccc(S(=O)(=O)[O-])c2)c2c[c-]c(N=Nc3ccc(S(=O)(=O)c4ccc(N=Nc5c(S(=O)(=O)[O-])cc6c(N=Nc7cccc(S(=O)(=O)[O-])c7)ccc(N)c6c5O)cc4)cc3)c(O)c12.O=S(=O)=O.[Na+].[Na+].[Na+].[Na+]. The fraction of sp³-hybridized carbons (Fsp3) is 0. The summed E-state index contributed by atoms with van der Waals surface area (Å²) < 4.78 is 159. The predicted octanol–water partition coefficient (Wildman–Crippen LogP) is -3.41. The Balaban J connectivity index is 0.00000198. The molecule has 0 aromatic heterocycles. The number of sulfone groups is 1. The molecule has 0 aliphatic heterocycles. The average Bonchev–Trinajstić information content (AvgIpc) is 3.34. The standard InChI is InChI=1S/C44H31N10O13S4.4Na.O3S/c45-34-16-19-36(51-49-26-3-1-5-30(21-26)69(59,60)61)32-15-18-38(43(55)40(32)34)53-47-24-7-11-28(12-8-24)68(57,58)29-13-9-25(10-14-29)48-54-42-39(71(65,66)67)23-33-37(20-17-35(46)41(33)44(42)56)52-50-27-4-2-6-31(22-27)70(62,63)64;;;;;1-4(2)3/h1-17,19-23,55-56H,45-46H2,(H,59,60,61)(H,62,63,64)(H,65,66,67);;;;;/q-1;4*+1;/p-3. The smallest absolute Gasteiger partial charge is 0.744 e. The normalized spacial score (nSPS) is 11.9. The number of hydrogen-bond acceptors (Lipinski definition) is 26. The molecule has 0 unspecified atom stereocenters. The molecule has 0 radical (unpaired) electrons. The summed E-state index contributed by atoms with van der Waals surface area (Å²) in [6.45, 7) is 0. The van der Waals surface area contributed by atoms with Crippen molar-refractivity contribution in [3.8, 4) is 11.5 Å². The monoisotopic (exact) mass is 1200 g/mol. The Morgan fingerprint density at radius 2 is 0.848 bits per heavy atom. The first-order valence-electron chi connectivity index (χ1n) is 20.2. The Morgan fingerprint density at radius 1 is 0.443 bits per heavy atom. The molecule has 0 saturated carbocycles. The number of phenols is 2. The molecule has 0 heterocycles. The largest absolute Gasteiger partial charge is 1.00 e. The summed E-state index contributed by atoms with van der Waals surface area (Å²) in [6.07, 6.45) is 0. The van der Waals surface area contributed by atoms with E-state index in [1.54, 1.807) is 0 Å². The Kier molecular flexibility index (Phi) is 24.5. The van der Waals surface area contributed by atoms with Crippen molar-refractivity contribution < 1.29 is 188 Å². The molecule has 8 aromatic rings. The first kappa shape index (κ1) is 68.5. The molecule has 8 aromatic carbocycles. The van der Waals surface area contributed by atoms with Crippen LogP contribution in [0, 0.1) is 6.07 Å². The van der Waals surface area contributed by atoms with Crippen LogP contribution in [0.1, 0.15) is 0 Å². The number of anilines is 2. The summed E-state index contributed by atoms with van der Waals surface area (Å²) in [5, 5.41) is 54.3. The molecule has 0 saturated heterocycles. The van der Waals surface area contributed by atoms with Gasteiger partial charge < -0.3 is 35.3 Å². The van der Waals surface area contributed by atoms with E-state index in [2.05, 4.69) is 47.0 Å². The summed E-state index contributed by atoms with van der Waals surface area (Å²) in [5.74, 6) is -1.30. The van der Waals surface area contributed by atoms with E-state index in [9.17, 15) is 57.5 Å². The minimum atomic E-state index is -5.39. The zero-order chi connectivity index (χ0) is 54.6. The van der Waals surface area contributed by atoms with Crippen molar-refractivity contribution in [2.45, 2.75) is 24.5 Å². The number of azo groups is 4. The third-order valence-electron chi connectivity index (χ3n) is 10.1. The third kappa shape index (κ3) is 16.9. The van der Waals surface area contributed by atoms with Crippen molar-refractivity contribution in [3.05, 3.63) is 140 Å². The molecule has 0 aliphatic rings. The Bertz CT molecular complexity index is 4350. The second-order valence-corrected chi connectivity index (χ2v) is 21.4. The van der Waals surface area contributed by atoms with E-state index >= 15 is 0 Å². The zero-order valence-electron chi connectivity index (χ0n) is 41.1. The number of hydrogen-bond donors (Lipinski definition) is 4. The van der Waals surface area contributed by atoms with E-state index in [0.717, 1.165) is 30.3 Å². The van der Waals surface area contributed by atoms with Crippen molar-refractivity contribution in [2.24, 2.45) is 40.9 Å². The Hall–Kier alpha value is -4.82. The predicted molar refractivity (Wildman–Crippen MR) is 260 cm³/mol. The Labute approximate surface area is 538 Å². The number of nitrogens with two attached hydrogens (primary N) is 2. The van der Waals surface area contributed by atoms with E-state index in [1.807, 2.05) is 0 Å². The van der Waals surface area contributed by atoms with Crippen LogP contribution >= 0.6 is 0 Å². The molecule has 0 aliphatic carbocycles. The minimum absolute atomic E-state index is 0. The first-order chi connectivity index (χ1) is 35.2. The molecule has 0 atom stereocenters. The second-order valence-electron chi connectivity index (χ2n) is 15.0. The number of nitrogen functional groups attached to an aromatic ring is 2. The number of phenolic OH excluding ortho intramolecular Hbond substituents is 2. The van der Waals surface area contributed by atoms with Crippen LogP contribution in [0.2, 0.25) is 0 Å². The maximum absolute atomic E-state index is 13.6. The molecule has 35 heteroatoms. The van der Waals surface area contributed by atoms with Gasteiger partial charge in [0.25, 0.3) is 0 Å². The van der Waals surface area contributed by atoms with Crippen LogP contribution in [-0.4, -0.2) is 70.2 Å². The molecule has 0 amide bonds. The molecule has 0 fully saturated rings. The van der Waals surface area contributed by atoms with Crippen molar-refractivity contribution in [3.63, 3.8) is 0 Å². The van der Waals surface area contributed by atoms with Crippen molar-refractivity contribution in [2.75, 3.05) is 11.5 Å². The van der Waals surface area contributed by atoms with Gasteiger partial charge in [-0.2, -0.15) is 42.8 Å². The number of rotatable bonds is 13. The summed E-state index contributed by atoms with van der Waals surface area (Å²) in [7, 11) is -22.2. The van der Waals surface area contributed by atoms with Crippen molar-refractivity contribution in [1.82, 2.24) is 0 Å². The Morgan fingerprint density at radius 3 is 1.28 bits per heavy atom. The van der Waals surface area contributed by atoms with Crippen LogP contribution in [0.15, 0.2) is 199 Å². The molecule has 0 bridgehead atoms. The van der Waals surface area contributed by atoms with Gasteiger partial charge in [-0.1, -0.05) is 22.9 Å². The van der Waals surface area contributed by atoms with Crippen molar-refractivity contribution >= 4 is 129 Å². The minimum Gasteiger partial charge on any atom is -0.744 e. The first-order valence-corrected chi connectivity index (χ1v) is 26.9. The van der Waals surface area contributed by atoms with Gasteiger partial charge in [-0.3, -0.25) is 0 Å². The van der Waals surface area contributed by atoms with Gasteiger partial charge in [0.05, 0.1) is 58.3 Å². The van der Waals surface area contributed by atoms with E-state index < -0.39 is 82.7 Å². The summed E-state index contributed by atoms with van der Waals surface area (Å²) in [4.78, 5) is -2.48. The third-order valence-corrected chi connectivity index (χ3v) is 14.4. The average molecular weight is 1210 g/mol. The topological polar surface area (TPSA) is 448 Å². The fourth-order valence-electron chi connectivity index (χ4n) is 6.73. The second kappa shape index (κ2) is 28.2. The van der Waals surface area contributed by atoms with E-state index in [4.69, 9.17) is 24.1 Å². The molecule has 79 heavy (non-hydrogen) atoms. The van der Waals surface area contributed by atoms with Gasteiger partial charge >= 0.3 is 129 Å². The van der Waals surface area contributed by atoms with Crippen LogP contribution in [0.3, 0.4) is 0 Å². The number of benzene rings is 8. The van der Waals surface area contributed by atoms with Crippen LogP contribution in [0.5, 0.6) is 11.5 Å². The van der Waals surface area contributed by atoms with E-state index in [1.165, 1.54) is 103 Å². The van der Waals surface area contributed by atoms with Gasteiger partial charge in [-0.15, -0.1) is 22.9 Å². The summed E-state index contributed by atoms with van der Waals surface area (Å²) in [5.41, 5.74) is 11.6. The quantitative estimate of drug-likeness (QED) is 0.0287. The van der Waals surface area contributed by atoms with Gasteiger partial charge in [0.15, 0.2) is 5.75 Å². The number of fused-ring (bicyclic) bond motifs is 2.